The van der Waals surface area contributed by atoms with Crippen molar-refractivity contribution in [3.05, 3.63) is 42.0 Å². The van der Waals surface area contributed by atoms with Gasteiger partial charge in [-0.1, -0.05) is 18.2 Å². The molecule has 2 heterocycles. The van der Waals surface area contributed by atoms with E-state index >= 15 is 0 Å². The summed E-state index contributed by atoms with van der Waals surface area (Å²) >= 11 is 0. The Morgan fingerprint density at radius 2 is 2.30 bits per heavy atom. The Morgan fingerprint density at radius 1 is 1.40 bits per heavy atom. The van der Waals surface area contributed by atoms with Gasteiger partial charge in [-0.05, 0) is 37.4 Å². The van der Waals surface area contributed by atoms with Gasteiger partial charge in [0.05, 0.1) is 5.69 Å². The highest BCUT2D eigenvalue weighted by atomic mass is 15.4. The number of hydrogen-bond acceptors (Lipinski definition) is 4. The Kier molecular flexibility index (Phi) is 5.68. The fourth-order valence-corrected chi connectivity index (χ4v) is 2.25. The molecule has 0 aliphatic rings. The quantitative estimate of drug-likeness (QED) is 0.796. The Balaban J connectivity index is 1.89. The molecular formula is C15H23N5. The van der Waals surface area contributed by atoms with Crippen molar-refractivity contribution in [1.82, 2.24) is 25.3 Å². The molecule has 0 saturated carbocycles. The van der Waals surface area contributed by atoms with Gasteiger partial charge in [0.1, 0.15) is 0 Å². The summed E-state index contributed by atoms with van der Waals surface area (Å²) < 4.78 is 1.76. The van der Waals surface area contributed by atoms with Crippen LogP contribution < -0.4 is 5.32 Å². The van der Waals surface area contributed by atoms with Crippen molar-refractivity contribution < 1.29 is 0 Å². The summed E-state index contributed by atoms with van der Waals surface area (Å²) in [7, 11) is 1.90. The van der Waals surface area contributed by atoms with E-state index in [1.165, 1.54) is 5.56 Å². The highest BCUT2D eigenvalue weighted by molar-refractivity contribution is 5.09. The monoisotopic (exact) mass is 273 g/mol. The SMILES string of the molecule is CCCNC(CCc1cccnc1)Cc1cn(C)nn1. The van der Waals surface area contributed by atoms with E-state index in [9.17, 15) is 0 Å². The van der Waals surface area contributed by atoms with Gasteiger partial charge < -0.3 is 5.32 Å². The summed E-state index contributed by atoms with van der Waals surface area (Å²) in [6, 6.07) is 4.56. The Morgan fingerprint density at radius 3 is 2.95 bits per heavy atom. The summed E-state index contributed by atoms with van der Waals surface area (Å²) in [5.41, 5.74) is 2.34. The van der Waals surface area contributed by atoms with E-state index in [1.807, 2.05) is 31.7 Å². The van der Waals surface area contributed by atoms with Gasteiger partial charge in [-0.15, -0.1) is 5.10 Å². The molecule has 2 aromatic heterocycles. The van der Waals surface area contributed by atoms with Crippen LogP contribution in [0, 0.1) is 0 Å². The number of nitrogens with zero attached hydrogens (tertiary/aromatic N) is 4. The Hall–Kier alpha value is -1.75. The average Bonchev–Trinajstić information content (AvgIpc) is 2.88. The van der Waals surface area contributed by atoms with Gasteiger partial charge in [0.15, 0.2) is 0 Å². The molecule has 0 fully saturated rings. The van der Waals surface area contributed by atoms with Crippen LogP contribution in [0.3, 0.4) is 0 Å². The third-order valence-corrected chi connectivity index (χ3v) is 3.29. The lowest BCUT2D eigenvalue weighted by atomic mass is 10.0. The zero-order valence-corrected chi connectivity index (χ0v) is 12.3. The van der Waals surface area contributed by atoms with Crippen molar-refractivity contribution in [2.75, 3.05) is 6.54 Å². The topological polar surface area (TPSA) is 55.6 Å². The molecule has 2 aromatic rings. The number of aromatic nitrogens is 4. The molecule has 2 rings (SSSR count). The average molecular weight is 273 g/mol. The zero-order chi connectivity index (χ0) is 14.2. The van der Waals surface area contributed by atoms with Crippen molar-refractivity contribution in [3.63, 3.8) is 0 Å². The minimum Gasteiger partial charge on any atom is -0.314 e. The fourth-order valence-electron chi connectivity index (χ4n) is 2.25. The largest absolute Gasteiger partial charge is 0.314 e. The molecule has 0 aliphatic carbocycles. The van der Waals surface area contributed by atoms with Crippen LogP contribution >= 0.6 is 0 Å². The first-order valence-corrected chi connectivity index (χ1v) is 7.25. The number of rotatable bonds is 8. The van der Waals surface area contributed by atoms with Gasteiger partial charge in [0.2, 0.25) is 0 Å². The van der Waals surface area contributed by atoms with Gasteiger partial charge in [0.25, 0.3) is 0 Å². The normalized spacial score (nSPS) is 12.5. The predicted octanol–water partition coefficient (Wildman–Crippen LogP) is 1.75. The lowest BCUT2D eigenvalue weighted by molar-refractivity contribution is 0.473. The van der Waals surface area contributed by atoms with Crippen LogP contribution in [0.15, 0.2) is 30.7 Å². The molecular weight excluding hydrogens is 250 g/mol. The highest BCUT2D eigenvalue weighted by Crippen LogP contribution is 2.08. The molecule has 1 unspecified atom stereocenters. The first kappa shape index (κ1) is 14.7. The minimum atomic E-state index is 0.437. The van der Waals surface area contributed by atoms with Crippen LogP contribution in [0.1, 0.15) is 31.0 Å². The van der Waals surface area contributed by atoms with Gasteiger partial charge in [-0.2, -0.15) is 0 Å². The molecule has 1 N–H and O–H groups in total. The summed E-state index contributed by atoms with van der Waals surface area (Å²) in [5, 5.41) is 11.8. The molecule has 0 aromatic carbocycles. The maximum absolute atomic E-state index is 4.18. The standard InChI is InChI=1S/C15H23N5/c1-3-8-17-14(10-15-12-20(2)19-18-15)7-6-13-5-4-9-16-11-13/h4-5,9,11-12,14,17H,3,6-8,10H2,1-2H3. The van der Waals surface area contributed by atoms with Crippen molar-refractivity contribution in [3.8, 4) is 0 Å². The van der Waals surface area contributed by atoms with Crippen molar-refractivity contribution in [2.24, 2.45) is 7.05 Å². The van der Waals surface area contributed by atoms with E-state index in [0.717, 1.165) is 37.9 Å². The first-order valence-electron chi connectivity index (χ1n) is 7.25. The minimum absolute atomic E-state index is 0.437. The predicted molar refractivity (Wildman–Crippen MR) is 79.3 cm³/mol. The summed E-state index contributed by atoms with van der Waals surface area (Å²) in [6.07, 6.45) is 9.94. The van der Waals surface area contributed by atoms with E-state index < -0.39 is 0 Å². The van der Waals surface area contributed by atoms with Crippen LogP contribution in [-0.2, 0) is 19.9 Å². The molecule has 0 amide bonds. The lowest BCUT2D eigenvalue weighted by Gasteiger charge is -2.17. The van der Waals surface area contributed by atoms with E-state index in [4.69, 9.17) is 0 Å². The summed E-state index contributed by atoms with van der Waals surface area (Å²) in [5.74, 6) is 0. The van der Waals surface area contributed by atoms with E-state index in [1.54, 1.807) is 4.68 Å². The van der Waals surface area contributed by atoms with E-state index in [-0.39, 0.29) is 0 Å². The molecule has 108 valence electrons. The molecule has 0 spiro atoms. The number of aryl methyl sites for hydroxylation is 2. The molecule has 0 bridgehead atoms. The van der Waals surface area contributed by atoms with Crippen molar-refractivity contribution in [2.45, 2.75) is 38.6 Å². The van der Waals surface area contributed by atoms with Crippen LogP contribution in [-0.4, -0.2) is 32.6 Å². The highest BCUT2D eigenvalue weighted by Gasteiger charge is 2.11. The second-order valence-corrected chi connectivity index (χ2v) is 5.14. The van der Waals surface area contributed by atoms with Gasteiger partial charge in [-0.3, -0.25) is 9.67 Å². The fraction of sp³-hybridized carbons (Fsp3) is 0.533. The molecule has 0 saturated heterocycles. The number of hydrogen-bond donors (Lipinski definition) is 1. The molecule has 5 heteroatoms. The van der Waals surface area contributed by atoms with Gasteiger partial charge >= 0.3 is 0 Å². The molecule has 20 heavy (non-hydrogen) atoms. The van der Waals surface area contributed by atoms with Crippen molar-refractivity contribution in [1.29, 1.82) is 0 Å². The maximum atomic E-state index is 4.18. The number of nitrogens with one attached hydrogen (secondary N) is 1. The second kappa shape index (κ2) is 7.75. The van der Waals surface area contributed by atoms with E-state index in [2.05, 4.69) is 33.6 Å². The van der Waals surface area contributed by atoms with Crippen LogP contribution in [0.5, 0.6) is 0 Å². The zero-order valence-electron chi connectivity index (χ0n) is 12.3. The molecule has 1 atom stereocenters. The lowest BCUT2D eigenvalue weighted by Crippen LogP contribution is -2.32. The third kappa shape index (κ3) is 4.74. The summed E-state index contributed by atoms with van der Waals surface area (Å²) in [4.78, 5) is 4.17. The summed E-state index contributed by atoms with van der Waals surface area (Å²) in [6.45, 7) is 3.23. The van der Waals surface area contributed by atoms with Crippen molar-refractivity contribution >= 4 is 0 Å². The Labute approximate surface area is 120 Å². The molecule has 0 radical (unpaired) electrons. The molecule has 0 aliphatic heterocycles. The van der Waals surface area contributed by atoms with Crippen LogP contribution in [0.4, 0.5) is 0 Å². The molecule has 5 nitrogen and oxygen atoms in total. The Bertz CT molecular complexity index is 494. The third-order valence-electron chi connectivity index (χ3n) is 3.29. The van der Waals surface area contributed by atoms with Gasteiger partial charge in [0, 0.05) is 38.1 Å². The number of pyridine rings is 1. The maximum Gasteiger partial charge on any atom is 0.0842 e. The first-order chi connectivity index (χ1) is 9.78. The van der Waals surface area contributed by atoms with Gasteiger partial charge in [-0.25, -0.2) is 0 Å². The second-order valence-electron chi connectivity index (χ2n) is 5.14. The smallest absolute Gasteiger partial charge is 0.0842 e. The van der Waals surface area contributed by atoms with Crippen LogP contribution in [0.25, 0.3) is 0 Å². The van der Waals surface area contributed by atoms with E-state index in [0.29, 0.717) is 6.04 Å². The van der Waals surface area contributed by atoms with Crippen LogP contribution in [0.2, 0.25) is 0 Å².